The van der Waals surface area contributed by atoms with Crippen LogP contribution in [0, 0.1) is 0 Å². The van der Waals surface area contributed by atoms with Crippen LogP contribution in [-0.2, 0) is 0 Å². The summed E-state index contributed by atoms with van der Waals surface area (Å²) in [4.78, 5) is 0. The summed E-state index contributed by atoms with van der Waals surface area (Å²) in [6, 6.07) is -0.00754. The molecule has 0 aromatic rings. The van der Waals surface area contributed by atoms with Crippen LogP contribution in [0.3, 0.4) is 0 Å². The minimum atomic E-state index is -0.299. The van der Waals surface area contributed by atoms with Crippen LogP contribution in [0.15, 0.2) is 0 Å². The van der Waals surface area contributed by atoms with E-state index >= 15 is 0 Å². The van der Waals surface area contributed by atoms with E-state index in [1.165, 1.54) is 19.3 Å². The summed E-state index contributed by atoms with van der Waals surface area (Å²) >= 11 is 0. The third-order valence-electron chi connectivity index (χ3n) is 2.30. The summed E-state index contributed by atoms with van der Waals surface area (Å²) in [5.74, 6) is 0. The maximum absolute atomic E-state index is 9.36. The lowest BCUT2D eigenvalue weighted by atomic mass is 10.0. The molecular weight excluding hydrogens is 150 g/mol. The van der Waals surface area contributed by atoms with Crippen molar-refractivity contribution in [2.45, 2.75) is 64.5 Å². The van der Waals surface area contributed by atoms with Crippen molar-refractivity contribution in [1.29, 1.82) is 0 Å². The Bertz CT molecular complexity index is 95.8. The highest BCUT2D eigenvalue weighted by molar-refractivity contribution is 4.69. The summed E-state index contributed by atoms with van der Waals surface area (Å²) < 4.78 is 0. The van der Waals surface area contributed by atoms with Gasteiger partial charge in [0.15, 0.2) is 0 Å². The van der Waals surface area contributed by atoms with Gasteiger partial charge >= 0.3 is 0 Å². The van der Waals surface area contributed by atoms with E-state index < -0.39 is 0 Å². The Labute approximate surface area is 76.2 Å². The molecule has 0 fully saturated rings. The second-order valence-electron chi connectivity index (χ2n) is 3.49. The van der Waals surface area contributed by atoms with Gasteiger partial charge in [-0.05, 0) is 12.8 Å². The first-order chi connectivity index (χ1) is 5.72. The Hall–Kier alpha value is -0.0800. The lowest BCUT2D eigenvalue weighted by Gasteiger charge is -2.16. The summed E-state index contributed by atoms with van der Waals surface area (Å²) in [7, 11) is 0. The van der Waals surface area contributed by atoms with Crippen molar-refractivity contribution in [1.82, 2.24) is 0 Å². The van der Waals surface area contributed by atoms with E-state index in [2.05, 4.69) is 6.92 Å². The molecule has 12 heavy (non-hydrogen) atoms. The van der Waals surface area contributed by atoms with Crippen molar-refractivity contribution in [2.75, 3.05) is 0 Å². The van der Waals surface area contributed by atoms with Gasteiger partial charge in [0.2, 0.25) is 0 Å². The van der Waals surface area contributed by atoms with Crippen molar-refractivity contribution >= 4 is 0 Å². The van der Waals surface area contributed by atoms with Crippen LogP contribution >= 0.6 is 0 Å². The van der Waals surface area contributed by atoms with Gasteiger partial charge in [0.05, 0.1) is 6.10 Å². The summed E-state index contributed by atoms with van der Waals surface area (Å²) in [6.07, 6.45) is 6.39. The molecule has 0 aliphatic carbocycles. The minimum Gasteiger partial charge on any atom is -0.392 e. The number of aliphatic hydroxyl groups is 1. The number of aliphatic hydroxyl groups excluding tert-OH is 1. The zero-order valence-electron chi connectivity index (χ0n) is 8.42. The molecule has 0 rings (SSSR count). The summed E-state index contributed by atoms with van der Waals surface area (Å²) in [5.41, 5.74) is 5.76. The first-order valence-electron chi connectivity index (χ1n) is 5.16. The third-order valence-corrected chi connectivity index (χ3v) is 2.30. The van der Waals surface area contributed by atoms with Crippen molar-refractivity contribution < 1.29 is 5.11 Å². The van der Waals surface area contributed by atoms with Gasteiger partial charge in [-0.2, -0.15) is 0 Å². The normalized spacial score (nSPS) is 16.0. The average Bonchev–Trinajstić information content (AvgIpc) is 2.10. The first-order valence-corrected chi connectivity index (χ1v) is 5.16. The molecule has 0 aromatic heterocycles. The Morgan fingerprint density at radius 3 is 2.33 bits per heavy atom. The Morgan fingerprint density at radius 2 is 1.83 bits per heavy atom. The second kappa shape index (κ2) is 7.56. The number of rotatable bonds is 7. The lowest BCUT2D eigenvalue weighted by molar-refractivity contribution is 0.135. The summed E-state index contributed by atoms with van der Waals surface area (Å²) in [6.45, 7) is 4.16. The largest absolute Gasteiger partial charge is 0.392 e. The smallest absolute Gasteiger partial charge is 0.0688 e. The van der Waals surface area contributed by atoms with E-state index in [4.69, 9.17) is 5.73 Å². The average molecular weight is 173 g/mol. The minimum absolute atomic E-state index is 0.00754. The molecule has 0 radical (unpaired) electrons. The highest BCUT2D eigenvalue weighted by Gasteiger charge is 2.10. The quantitative estimate of drug-likeness (QED) is 0.579. The summed E-state index contributed by atoms with van der Waals surface area (Å²) in [5, 5.41) is 9.36. The second-order valence-corrected chi connectivity index (χ2v) is 3.49. The van der Waals surface area contributed by atoms with Gasteiger partial charge in [-0.25, -0.2) is 0 Å². The lowest BCUT2D eigenvalue weighted by Crippen LogP contribution is -2.33. The van der Waals surface area contributed by atoms with E-state index in [0.29, 0.717) is 0 Å². The fourth-order valence-corrected chi connectivity index (χ4v) is 1.30. The molecule has 2 heteroatoms. The van der Waals surface area contributed by atoms with Crippen LogP contribution in [0.2, 0.25) is 0 Å². The maximum atomic E-state index is 9.36. The van der Waals surface area contributed by atoms with Crippen LogP contribution in [0.1, 0.15) is 52.4 Å². The highest BCUT2D eigenvalue weighted by Crippen LogP contribution is 2.07. The molecule has 0 spiro atoms. The standard InChI is InChI=1S/C10H23NO/c1-3-5-6-7-8-9(11)10(12)4-2/h9-10,12H,3-8,11H2,1-2H3. The van der Waals surface area contributed by atoms with Crippen molar-refractivity contribution in [2.24, 2.45) is 5.73 Å². The predicted molar refractivity (Wildman–Crippen MR) is 53.0 cm³/mol. The molecule has 2 atom stereocenters. The van der Waals surface area contributed by atoms with Crippen molar-refractivity contribution in [3.63, 3.8) is 0 Å². The van der Waals surface area contributed by atoms with Crippen LogP contribution in [-0.4, -0.2) is 17.3 Å². The molecular formula is C10H23NO. The molecule has 0 aliphatic heterocycles. The number of hydrogen-bond acceptors (Lipinski definition) is 2. The van der Waals surface area contributed by atoms with Gasteiger partial charge in [0.25, 0.3) is 0 Å². The fraction of sp³-hybridized carbons (Fsp3) is 1.00. The van der Waals surface area contributed by atoms with E-state index in [1.807, 2.05) is 6.92 Å². The van der Waals surface area contributed by atoms with Crippen molar-refractivity contribution in [3.8, 4) is 0 Å². The van der Waals surface area contributed by atoms with E-state index in [1.54, 1.807) is 0 Å². The molecule has 74 valence electrons. The van der Waals surface area contributed by atoms with Gasteiger partial charge in [-0.3, -0.25) is 0 Å². The van der Waals surface area contributed by atoms with Crippen LogP contribution in [0.5, 0.6) is 0 Å². The third kappa shape index (κ3) is 5.56. The van der Waals surface area contributed by atoms with E-state index in [-0.39, 0.29) is 12.1 Å². The molecule has 0 aliphatic rings. The van der Waals surface area contributed by atoms with Gasteiger partial charge in [0.1, 0.15) is 0 Å². The van der Waals surface area contributed by atoms with Gasteiger partial charge in [-0.15, -0.1) is 0 Å². The van der Waals surface area contributed by atoms with Crippen LogP contribution in [0.25, 0.3) is 0 Å². The number of nitrogens with two attached hydrogens (primary N) is 1. The first kappa shape index (κ1) is 11.9. The highest BCUT2D eigenvalue weighted by atomic mass is 16.3. The molecule has 0 bridgehead atoms. The topological polar surface area (TPSA) is 46.2 Å². The molecule has 0 aromatic carbocycles. The van der Waals surface area contributed by atoms with Crippen LogP contribution in [0.4, 0.5) is 0 Å². The molecule has 0 saturated heterocycles. The Morgan fingerprint density at radius 1 is 1.17 bits per heavy atom. The monoisotopic (exact) mass is 173 g/mol. The zero-order valence-corrected chi connectivity index (χ0v) is 8.42. The number of hydrogen-bond donors (Lipinski definition) is 2. The zero-order chi connectivity index (χ0) is 9.40. The van der Waals surface area contributed by atoms with E-state index in [0.717, 1.165) is 19.3 Å². The Balaban J connectivity index is 3.24. The van der Waals surface area contributed by atoms with Gasteiger partial charge < -0.3 is 10.8 Å². The fourth-order valence-electron chi connectivity index (χ4n) is 1.30. The van der Waals surface area contributed by atoms with Crippen molar-refractivity contribution in [3.05, 3.63) is 0 Å². The number of unbranched alkanes of at least 4 members (excludes halogenated alkanes) is 3. The molecule has 3 N–H and O–H groups in total. The van der Waals surface area contributed by atoms with E-state index in [9.17, 15) is 5.11 Å². The SMILES string of the molecule is CCCCCCC(N)C(O)CC. The Kier molecular flexibility index (Phi) is 7.51. The molecule has 0 heterocycles. The molecule has 2 nitrogen and oxygen atoms in total. The van der Waals surface area contributed by atoms with Gasteiger partial charge in [0, 0.05) is 6.04 Å². The molecule has 0 saturated carbocycles. The maximum Gasteiger partial charge on any atom is 0.0688 e. The molecule has 0 amide bonds. The predicted octanol–water partition coefficient (Wildman–Crippen LogP) is 2.05. The van der Waals surface area contributed by atoms with Gasteiger partial charge in [-0.1, -0.05) is 39.5 Å². The molecule has 2 unspecified atom stereocenters. The van der Waals surface area contributed by atoms with Crippen LogP contribution < -0.4 is 5.73 Å².